The SMILES string of the molecule is CS(=O)(=O)c1cccc(Nc2ccc(COCc3ccccc3)cc2)c1[N+](=O)[O-]. The van der Waals surface area contributed by atoms with Gasteiger partial charge in [-0.25, -0.2) is 8.42 Å². The molecule has 0 saturated heterocycles. The topological polar surface area (TPSA) is 98.5 Å². The number of nitro benzene ring substituents is 1. The second kappa shape index (κ2) is 8.85. The van der Waals surface area contributed by atoms with Crippen molar-refractivity contribution in [2.24, 2.45) is 0 Å². The molecule has 150 valence electrons. The highest BCUT2D eigenvalue weighted by Crippen LogP contribution is 2.33. The molecule has 0 heterocycles. The molecular formula is C21H20N2O5S. The number of anilines is 2. The summed E-state index contributed by atoms with van der Waals surface area (Å²) in [5.41, 5.74) is 2.29. The highest BCUT2D eigenvalue weighted by Gasteiger charge is 2.26. The third-order valence-corrected chi connectivity index (χ3v) is 5.32. The average molecular weight is 412 g/mol. The Kier molecular flexibility index (Phi) is 6.26. The van der Waals surface area contributed by atoms with E-state index in [1.807, 2.05) is 42.5 Å². The smallest absolute Gasteiger partial charge is 0.311 e. The van der Waals surface area contributed by atoms with Crippen LogP contribution in [0.15, 0.2) is 77.7 Å². The van der Waals surface area contributed by atoms with Crippen molar-refractivity contribution in [3.05, 3.63) is 94.0 Å². The molecule has 0 aliphatic carbocycles. The number of benzene rings is 3. The van der Waals surface area contributed by atoms with Crippen molar-refractivity contribution in [3.63, 3.8) is 0 Å². The predicted octanol–water partition coefficient (Wildman–Crippen LogP) is 4.46. The van der Waals surface area contributed by atoms with E-state index in [0.717, 1.165) is 17.4 Å². The predicted molar refractivity (Wildman–Crippen MR) is 111 cm³/mol. The minimum Gasteiger partial charge on any atom is -0.372 e. The largest absolute Gasteiger partial charge is 0.372 e. The van der Waals surface area contributed by atoms with Gasteiger partial charge < -0.3 is 10.1 Å². The fourth-order valence-corrected chi connectivity index (χ4v) is 3.67. The molecule has 0 amide bonds. The highest BCUT2D eigenvalue weighted by atomic mass is 32.2. The summed E-state index contributed by atoms with van der Waals surface area (Å²) in [6, 6.07) is 21.2. The second-order valence-electron chi connectivity index (χ2n) is 6.48. The Morgan fingerprint density at radius 3 is 2.10 bits per heavy atom. The molecule has 0 bridgehead atoms. The molecule has 7 nitrogen and oxygen atoms in total. The minimum absolute atomic E-state index is 0.117. The number of sulfone groups is 1. The minimum atomic E-state index is -3.73. The van der Waals surface area contributed by atoms with E-state index < -0.39 is 20.4 Å². The molecule has 0 atom stereocenters. The molecule has 0 unspecified atom stereocenters. The highest BCUT2D eigenvalue weighted by molar-refractivity contribution is 7.90. The number of para-hydroxylation sites is 1. The zero-order valence-corrected chi connectivity index (χ0v) is 16.6. The van der Waals surface area contributed by atoms with Crippen LogP contribution in [0.3, 0.4) is 0 Å². The van der Waals surface area contributed by atoms with Gasteiger partial charge in [-0.15, -0.1) is 0 Å². The van der Waals surface area contributed by atoms with Crippen molar-refractivity contribution in [2.45, 2.75) is 18.1 Å². The van der Waals surface area contributed by atoms with E-state index in [0.29, 0.717) is 18.9 Å². The molecule has 0 fully saturated rings. The lowest BCUT2D eigenvalue weighted by Crippen LogP contribution is -2.05. The molecule has 3 aromatic rings. The molecule has 0 aromatic heterocycles. The normalized spacial score (nSPS) is 11.2. The maximum atomic E-state index is 11.9. The van der Waals surface area contributed by atoms with Crippen molar-refractivity contribution >= 4 is 26.9 Å². The first-order valence-corrected chi connectivity index (χ1v) is 10.7. The van der Waals surface area contributed by atoms with Gasteiger partial charge in [0.1, 0.15) is 10.6 Å². The molecule has 8 heteroatoms. The van der Waals surface area contributed by atoms with Crippen LogP contribution in [0.5, 0.6) is 0 Å². The van der Waals surface area contributed by atoms with E-state index in [1.165, 1.54) is 18.2 Å². The number of nitrogens with one attached hydrogen (secondary N) is 1. The lowest BCUT2D eigenvalue weighted by molar-refractivity contribution is -0.386. The van der Waals surface area contributed by atoms with Crippen molar-refractivity contribution in [1.29, 1.82) is 0 Å². The van der Waals surface area contributed by atoms with Crippen LogP contribution in [0.4, 0.5) is 17.1 Å². The van der Waals surface area contributed by atoms with Crippen LogP contribution in [0.2, 0.25) is 0 Å². The van der Waals surface area contributed by atoms with Gasteiger partial charge >= 0.3 is 5.69 Å². The van der Waals surface area contributed by atoms with Gasteiger partial charge in [0.15, 0.2) is 9.84 Å². The fraction of sp³-hybridized carbons (Fsp3) is 0.143. The van der Waals surface area contributed by atoms with E-state index in [9.17, 15) is 18.5 Å². The number of rotatable bonds is 8. The van der Waals surface area contributed by atoms with Crippen LogP contribution in [-0.4, -0.2) is 19.6 Å². The zero-order valence-electron chi connectivity index (χ0n) is 15.7. The fourth-order valence-electron chi connectivity index (χ4n) is 2.81. The number of hydrogen-bond donors (Lipinski definition) is 1. The Bertz CT molecular complexity index is 1100. The van der Waals surface area contributed by atoms with Crippen molar-refractivity contribution in [3.8, 4) is 0 Å². The molecule has 0 aliphatic heterocycles. The molecule has 0 aliphatic rings. The quantitative estimate of drug-likeness (QED) is 0.433. The molecule has 0 saturated carbocycles. The van der Waals surface area contributed by atoms with Gasteiger partial charge in [-0.3, -0.25) is 10.1 Å². The molecular weight excluding hydrogens is 392 g/mol. The van der Waals surface area contributed by atoms with Gasteiger partial charge in [-0.1, -0.05) is 48.5 Å². The van der Waals surface area contributed by atoms with Gasteiger partial charge in [0.2, 0.25) is 0 Å². The lowest BCUT2D eigenvalue weighted by Gasteiger charge is -2.10. The average Bonchev–Trinajstić information content (AvgIpc) is 2.69. The Labute approximate surface area is 169 Å². The summed E-state index contributed by atoms with van der Waals surface area (Å²) in [6.07, 6.45) is 0.948. The molecule has 0 spiro atoms. The van der Waals surface area contributed by atoms with Crippen LogP contribution in [0.1, 0.15) is 11.1 Å². The summed E-state index contributed by atoms with van der Waals surface area (Å²) in [5, 5.41) is 14.4. The third-order valence-electron chi connectivity index (χ3n) is 4.19. The van der Waals surface area contributed by atoms with Crippen molar-refractivity contribution in [1.82, 2.24) is 0 Å². The number of ether oxygens (including phenoxy) is 1. The number of nitrogens with zero attached hydrogens (tertiary/aromatic N) is 1. The monoisotopic (exact) mass is 412 g/mol. The summed E-state index contributed by atoms with van der Waals surface area (Å²) < 4.78 is 29.4. The first-order valence-electron chi connectivity index (χ1n) is 8.79. The van der Waals surface area contributed by atoms with Crippen LogP contribution >= 0.6 is 0 Å². The summed E-state index contributed by atoms with van der Waals surface area (Å²) >= 11 is 0. The van der Waals surface area contributed by atoms with Gasteiger partial charge in [0.25, 0.3) is 0 Å². The third kappa shape index (κ3) is 5.40. The van der Waals surface area contributed by atoms with E-state index in [4.69, 9.17) is 4.74 Å². The van der Waals surface area contributed by atoms with E-state index in [-0.39, 0.29) is 10.6 Å². The molecule has 3 rings (SSSR count). The number of hydrogen-bond acceptors (Lipinski definition) is 6. The summed E-state index contributed by atoms with van der Waals surface area (Å²) in [7, 11) is -3.73. The Hall–Kier alpha value is -3.23. The van der Waals surface area contributed by atoms with Gasteiger partial charge in [0, 0.05) is 11.9 Å². The Morgan fingerprint density at radius 1 is 0.897 bits per heavy atom. The van der Waals surface area contributed by atoms with E-state index in [1.54, 1.807) is 12.1 Å². The maximum absolute atomic E-state index is 11.9. The van der Waals surface area contributed by atoms with Crippen molar-refractivity contribution < 1.29 is 18.1 Å². The van der Waals surface area contributed by atoms with Crippen LogP contribution in [-0.2, 0) is 27.8 Å². The second-order valence-corrected chi connectivity index (χ2v) is 8.47. The lowest BCUT2D eigenvalue weighted by atomic mass is 10.2. The van der Waals surface area contributed by atoms with Gasteiger partial charge in [0.05, 0.1) is 18.1 Å². The van der Waals surface area contributed by atoms with Gasteiger partial charge in [-0.05, 0) is 35.4 Å². The van der Waals surface area contributed by atoms with E-state index in [2.05, 4.69) is 5.32 Å². The number of nitro groups is 1. The van der Waals surface area contributed by atoms with Crippen LogP contribution < -0.4 is 5.32 Å². The Morgan fingerprint density at radius 2 is 1.52 bits per heavy atom. The van der Waals surface area contributed by atoms with Crippen LogP contribution in [0, 0.1) is 10.1 Å². The first kappa shape index (κ1) is 20.5. The standard InChI is InChI=1S/C21H20N2O5S/c1-29(26,27)20-9-5-8-19(21(20)23(24)25)22-18-12-10-17(11-13-18)15-28-14-16-6-3-2-4-7-16/h2-13,22H,14-15H2,1H3. The molecule has 29 heavy (non-hydrogen) atoms. The summed E-state index contributed by atoms with van der Waals surface area (Å²) in [4.78, 5) is 10.4. The summed E-state index contributed by atoms with van der Waals surface area (Å²) in [5.74, 6) is 0. The molecule has 0 radical (unpaired) electrons. The maximum Gasteiger partial charge on any atom is 0.311 e. The van der Waals surface area contributed by atoms with Crippen LogP contribution in [0.25, 0.3) is 0 Å². The van der Waals surface area contributed by atoms with Crippen molar-refractivity contribution in [2.75, 3.05) is 11.6 Å². The zero-order chi connectivity index (χ0) is 20.9. The van der Waals surface area contributed by atoms with E-state index >= 15 is 0 Å². The van der Waals surface area contributed by atoms with Gasteiger partial charge in [-0.2, -0.15) is 0 Å². The molecule has 1 N–H and O–H groups in total. The first-order chi connectivity index (χ1) is 13.8. The molecule has 3 aromatic carbocycles. The Balaban J connectivity index is 1.71. The summed E-state index contributed by atoms with van der Waals surface area (Å²) in [6.45, 7) is 0.935.